The Hall–Kier alpha value is -3.09. The number of nitrogens with two attached hydrogens (primary N) is 1. The van der Waals surface area contributed by atoms with Crippen molar-refractivity contribution < 1.29 is 34.1 Å². The van der Waals surface area contributed by atoms with Crippen molar-refractivity contribution in [1.82, 2.24) is 14.9 Å². The van der Waals surface area contributed by atoms with Gasteiger partial charge in [-0.05, 0) is 17.5 Å². The van der Waals surface area contributed by atoms with Crippen LogP contribution in [-0.4, -0.2) is 67.8 Å². The number of hydrogen-bond acceptors (Lipinski definition) is 8. The lowest BCUT2D eigenvalue weighted by Crippen LogP contribution is -2.58. The molecule has 11 nitrogen and oxygen atoms in total. The van der Waals surface area contributed by atoms with Gasteiger partial charge in [0.1, 0.15) is 23.5 Å². The Kier molecular flexibility index (Phi) is 4.07. The molecule has 12 heteroatoms. The van der Waals surface area contributed by atoms with Crippen LogP contribution in [0.4, 0.5) is 0 Å². The molecule has 3 heterocycles. The van der Waals surface area contributed by atoms with E-state index >= 15 is 0 Å². The van der Waals surface area contributed by atoms with Gasteiger partial charge < -0.3 is 40.2 Å². The number of nitrogens with zero attached hydrogens (tertiary/aromatic N) is 2. The number of nitrogens with one attached hydrogen (secondary N) is 1. The molecule has 3 atom stereocenters. The highest BCUT2D eigenvalue weighted by molar-refractivity contribution is 6.62. The largest absolute Gasteiger partial charge is 0.669 e. The van der Waals surface area contributed by atoms with Crippen LogP contribution in [0.1, 0.15) is 40.0 Å². The van der Waals surface area contributed by atoms with Crippen molar-refractivity contribution in [3.8, 4) is 11.5 Å². The molecule has 0 unspecified atom stereocenters. The van der Waals surface area contributed by atoms with E-state index < -0.39 is 30.7 Å². The van der Waals surface area contributed by atoms with Crippen LogP contribution >= 0.6 is 0 Å². The standard InChI is InChI=1S/C18H20BN4O7/c20-15(12-4-21-7-22-12)17(24)23-5-8(6-23)29-13-2-1-9-10-3-11(10)19(27,28)30-16(9)14(13)18(25)26/h1-2,4,7-8,10-11,15,27-28H,3,5-6,20H2,(H,21,22)(H,25,26)/q-1/t10-,11-,15-/m0/s1. The number of hydrogen-bond donors (Lipinski definition) is 5. The first kappa shape index (κ1) is 18.9. The van der Waals surface area contributed by atoms with E-state index in [1.165, 1.54) is 17.4 Å². The normalized spacial score (nSPS) is 24.7. The van der Waals surface area contributed by atoms with Gasteiger partial charge in [-0.15, -0.1) is 0 Å². The van der Waals surface area contributed by atoms with E-state index in [9.17, 15) is 24.7 Å². The van der Waals surface area contributed by atoms with Crippen molar-refractivity contribution in [2.45, 2.75) is 30.3 Å². The first-order valence-electron chi connectivity index (χ1n) is 9.64. The van der Waals surface area contributed by atoms with Gasteiger partial charge in [0.05, 0.1) is 37.1 Å². The van der Waals surface area contributed by atoms with Crippen LogP contribution in [0.3, 0.4) is 0 Å². The van der Waals surface area contributed by atoms with Gasteiger partial charge in [-0.2, -0.15) is 0 Å². The summed E-state index contributed by atoms with van der Waals surface area (Å²) >= 11 is 0. The molecule has 0 spiro atoms. The summed E-state index contributed by atoms with van der Waals surface area (Å²) in [5.41, 5.74) is 6.83. The van der Waals surface area contributed by atoms with Crippen molar-refractivity contribution in [2.24, 2.45) is 5.73 Å². The third-order valence-electron chi connectivity index (χ3n) is 6.03. The predicted octanol–water partition coefficient (Wildman–Crippen LogP) is -0.429. The molecule has 5 rings (SSSR count). The topological polar surface area (TPSA) is 171 Å². The van der Waals surface area contributed by atoms with E-state index in [0.29, 0.717) is 17.7 Å². The first-order chi connectivity index (χ1) is 14.3. The summed E-state index contributed by atoms with van der Waals surface area (Å²) in [4.78, 5) is 32.5. The fourth-order valence-corrected chi connectivity index (χ4v) is 4.25. The number of fused-ring (bicyclic) bond motifs is 3. The zero-order valence-corrected chi connectivity index (χ0v) is 15.8. The van der Waals surface area contributed by atoms with Crippen LogP contribution < -0.4 is 15.1 Å². The fraction of sp³-hybridized carbons (Fsp3) is 0.389. The van der Waals surface area contributed by atoms with Gasteiger partial charge in [-0.1, -0.05) is 18.3 Å². The number of aromatic carboxylic acids is 1. The molecule has 2 fully saturated rings. The maximum Gasteiger partial charge on any atom is 0.434 e. The van der Waals surface area contributed by atoms with Crippen LogP contribution in [0.25, 0.3) is 0 Å². The lowest BCUT2D eigenvalue weighted by molar-refractivity contribution is -0.141. The van der Waals surface area contributed by atoms with Gasteiger partial charge >= 0.3 is 12.7 Å². The molecule has 1 aromatic heterocycles. The molecule has 0 bridgehead atoms. The molecule has 0 radical (unpaired) electrons. The minimum atomic E-state index is -3.10. The number of carbonyl (C=O) groups is 2. The maximum atomic E-state index is 12.4. The highest BCUT2D eigenvalue weighted by Gasteiger charge is 2.55. The zero-order valence-electron chi connectivity index (χ0n) is 15.8. The molecule has 1 saturated carbocycles. The number of aromatic nitrogens is 2. The summed E-state index contributed by atoms with van der Waals surface area (Å²) in [5.74, 6) is -2.12. The van der Waals surface area contributed by atoms with Crippen LogP contribution in [0.2, 0.25) is 5.82 Å². The third kappa shape index (κ3) is 2.92. The van der Waals surface area contributed by atoms with Crippen LogP contribution in [0, 0.1) is 0 Å². The van der Waals surface area contributed by atoms with Gasteiger partial charge in [-0.25, -0.2) is 9.78 Å². The molecule has 2 aromatic rings. The zero-order chi connectivity index (χ0) is 21.2. The molecule has 1 aromatic carbocycles. The molecule has 30 heavy (non-hydrogen) atoms. The van der Waals surface area contributed by atoms with Crippen molar-refractivity contribution in [2.75, 3.05) is 13.1 Å². The molecular weight excluding hydrogens is 395 g/mol. The average molecular weight is 415 g/mol. The summed E-state index contributed by atoms with van der Waals surface area (Å²) < 4.78 is 11.1. The van der Waals surface area contributed by atoms with Gasteiger partial charge in [0.25, 0.3) is 0 Å². The second kappa shape index (κ2) is 6.46. The second-order valence-electron chi connectivity index (χ2n) is 8.01. The Balaban J connectivity index is 1.31. The van der Waals surface area contributed by atoms with Crippen molar-refractivity contribution >= 4 is 18.6 Å². The predicted molar refractivity (Wildman–Crippen MR) is 102 cm³/mol. The van der Waals surface area contributed by atoms with E-state index in [2.05, 4.69) is 9.97 Å². The number of ether oxygens (including phenoxy) is 1. The number of H-pyrrole nitrogens is 1. The van der Waals surface area contributed by atoms with E-state index in [0.717, 1.165) is 0 Å². The molecule has 3 aliphatic rings. The van der Waals surface area contributed by atoms with Gasteiger partial charge in [-0.3, -0.25) is 4.79 Å². The van der Waals surface area contributed by atoms with Crippen LogP contribution in [0.15, 0.2) is 24.7 Å². The summed E-state index contributed by atoms with van der Waals surface area (Å²) in [6, 6.07) is 2.38. The summed E-state index contributed by atoms with van der Waals surface area (Å²) in [5, 5.41) is 29.9. The monoisotopic (exact) mass is 415 g/mol. The Bertz CT molecular complexity index is 1020. The molecule has 1 saturated heterocycles. The lowest BCUT2D eigenvalue weighted by atomic mass is 9.68. The summed E-state index contributed by atoms with van der Waals surface area (Å²) in [6.45, 7) is -2.61. The highest BCUT2D eigenvalue weighted by Crippen LogP contribution is 2.63. The number of likely N-dealkylation sites (tertiary alicyclic amines) is 1. The Morgan fingerprint density at radius 1 is 1.37 bits per heavy atom. The third-order valence-corrected chi connectivity index (χ3v) is 6.03. The average Bonchev–Trinajstić information content (AvgIpc) is 3.30. The van der Waals surface area contributed by atoms with Crippen molar-refractivity contribution in [3.63, 3.8) is 0 Å². The number of amides is 1. The molecule has 1 aliphatic carbocycles. The smallest absolute Gasteiger partial charge is 0.434 e. The number of aromatic amines is 1. The lowest BCUT2D eigenvalue weighted by Gasteiger charge is -2.41. The summed E-state index contributed by atoms with van der Waals surface area (Å²) in [6.07, 6.45) is 3.04. The van der Waals surface area contributed by atoms with Crippen LogP contribution in [-0.2, 0) is 4.79 Å². The van der Waals surface area contributed by atoms with Crippen molar-refractivity contribution in [1.29, 1.82) is 0 Å². The first-order valence-corrected chi connectivity index (χ1v) is 9.64. The molecule has 2 aliphatic heterocycles. The van der Waals surface area contributed by atoms with Crippen molar-refractivity contribution in [3.05, 3.63) is 41.5 Å². The number of carbonyl (C=O) groups excluding carboxylic acids is 1. The van der Waals surface area contributed by atoms with E-state index in [1.807, 2.05) is 0 Å². The molecular formula is C18H20BN4O7-. The van der Waals surface area contributed by atoms with E-state index in [-0.39, 0.29) is 42.0 Å². The van der Waals surface area contributed by atoms with Gasteiger partial charge in [0.2, 0.25) is 5.91 Å². The molecule has 158 valence electrons. The number of benzene rings is 1. The van der Waals surface area contributed by atoms with E-state index in [4.69, 9.17) is 15.1 Å². The fourth-order valence-electron chi connectivity index (χ4n) is 4.25. The van der Waals surface area contributed by atoms with Crippen LogP contribution in [0.5, 0.6) is 11.5 Å². The van der Waals surface area contributed by atoms with Gasteiger partial charge in [0, 0.05) is 0 Å². The minimum absolute atomic E-state index is 0.0573. The second-order valence-corrected chi connectivity index (χ2v) is 8.01. The molecule has 1 amide bonds. The maximum absolute atomic E-state index is 12.4. The Labute approximate surface area is 170 Å². The SMILES string of the molecule is N[C@H](C(=O)N1CC(Oc2ccc3c(c2C(=O)O)O[B-](O)(O)[C@H]2C[C@@H]32)C1)c1cnc[nH]1. The number of imidazole rings is 1. The minimum Gasteiger partial charge on any atom is -0.669 e. The van der Waals surface area contributed by atoms with E-state index in [1.54, 1.807) is 12.1 Å². The molecule has 6 N–H and O–H groups in total. The number of carboxylic acid groups (broad SMARTS) is 1. The number of carboxylic acids is 1. The Morgan fingerprint density at radius 2 is 2.13 bits per heavy atom. The Morgan fingerprint density at radius 3 is 2.80 bits per heavy atom. The van der Waals surface area contributed by atoms with Gasteiger partial charge in [0.15, 0.2) is 0 Å². The highest BCUT2D eigenvalue weighted by atomic mass is 16.6. The number of rotatable bonds is 5. The quantitative estimate of drug-likeness (QED) is 0.407. The summed E-state index contributed by atoms with van der Waals surface area (Å²) in [7, 11) is 0.